The van der Waals surface area contributed by atoms with Crippen molar-refractivity contribution in [3.05, 3.63) is 65.4 Å². The van der Waals surface area contributed by atoms with Crippen molar-refractivity contribution in [1.82, 2.24) is 10.3 Å². The average Bonchev–Trinajstić information content (AvgIpc) is 2.91. The maximum absolute atomic E-state index is 15.0. The molecule has 1 amide bonds. The summed E-state index contributed by atoms with van der Waals surface area (Å²) in [5.74, 6) is -5.15. The molecule has 0 saturated carbocycles. The van der Waals surface area contributed by atoms with Crippen LogP contribution >= 0.6 is 0 Å². The number of fused-ring (bicyclic) bond motifs is 1. The molecule has 0 aliphatic carbocycles. The quantitative estimate of drug-likeness (QED) is 0.223. The van der Waals surface area contributed by atoms with Gasteiger partial charge in [0, 0.05) is 35.7 Å². The number of halogens is 5. The van der Waals surface area contributed by atoms with Crippen LogP contribution in [-0.2, 0) is 20.7 Å². The van der Waals surface area contributed by atoms with Gasteiger partial charge in [0.05, 0.1) is 25.8 Å². The van der Waals surface area contributed by atoms with Gasteiger partial charge >= 0.3 is 19.3 Å². The zero-order valence-electron chi connectivity index (χ0n) is 20.9. The number of benzene rings is 2. The van der Waals surface area contributed by atoms with Gasteiger partial charge < -0.3 is 29.7 Å². The summed E-state index contributed by atoms with van der Waals surface area (Å²) in [5.41, 5.74) is -0.787. The SMILES string of the molecule is COC(=O)C(Cc1ccc(B(O)O)c2ncccc12)NC(=O)c1c(F)cc(N2CCOC[C@@H]2C(F)(F)F)cc1F. The van der Waals surface area contributed by atoms with Crippen molar-refractivity contribution >= 4 is 41.0 Å². The number of carbonyl (C=O) groups excluding carboxylic acids is 2. The first kappa shape index (κ1) is 29.2. The number of methoxy groups -OCH3 is 1. The molecule has 2 heterocycles. The topological polar surface area (TPSA) is 121 Å². The summed E-state index contributed by atoms with van der Waals surface area (Å²) in [6.07, 6.45) is -3.55. The van der Waals surface area contributed by atoms with E-state index in [4.69, 9.17) is 9.47 Å². The van der Waals surface area contributed by atoms with Gasteiger partial charge in [-0.1, -0.05) is 18.2 Å². The summed E-state index contributed by atoms with van der Waals surface area (Å²) in [6, 6.07) is 3.65. The molecule has 9 nitrogen and oxygen atoms in total. The van der Waals surface area contributed by atoms with E-state index in [1.54, 1.807) is 12.1 Å². The molecule has 2 atom stereocenters. The number of rotatable bonds is 7. The van der Waals surface area contributed by atoms with E-state index in [-0.39, 0.29) is 30.6 Å². The highest BCUT2D eigenvalue weighted by Crippen LogP contribution is 2.32. The molecule has 0 spiro atoms. The van der Waals surface area contributed by atoms with Crippen molar-refractivity contribution in [1.29, 1.82) is 0 Å². The molecule has 1 aliphatic rings. The number of morpholine rings is 1. The number of anilines is 1. The first-order valence-electron chi connectivity index (χ1n) is 11.9. The lowest BCUT2D eigenvalue weighted by Crippen LogP contribution is -2.53. The molecule has 1 saturated heterocycles. The molecule has 1 aliphatic heterocycles. The molecule has 1 unspecified atom stereocenters. The van der Waals surface area contributed by atoms with Gasteiger partial charge in [0.25, 0.3) is 5.91 Å². The van der Waals surface area contributed by atoms with Gasteiger partial charge in [0.2, 0.25) is 0 Å². The molecule has 1 fully saturated rings. The maximum Gasteiger partial charge on any atom is 0.490 e. The van der Waals surface area contributed by atoms with Gasteiger partial charge in [0.15, 0.2) is 0 Å². The summed E-state index contributed by atoms with van der Waals surface area (Å²) in [5, 5.41) is 21.9. The Bertz CT molecular complexity index is 1400. The van der Waals surface area contributed by atoms with Crippen LogP contribution < -0.4 is 15.7 Å². The normalized spacial score (nSPS) is 16.5. The van der Waals surface area contributed by atoms with Gasteiger partial charge in [0.1, 0.15) is 29.3 Å². The Labute approximate surface area is 224 Å². The first-order valence-corrected chi connectivity index (χ1v) is 11.9. The van der Waals surface area contributed by atoms with Crippen molar-refractivity contribution < 1.29 is 51.1 Å². The van der Waals surface area contributed by atoms with Crippen LogP contribution in [0.15, 0.2) is 42.6 Å². The molecule has 0 bridgehead atoms. The Morgan fingerprint density at radius 1 is 1.23 bits per heavy atom. The van der Waals surface area contributed by atoms with E-state index in [9.17, 15) is 32.8 Å². The minimum atomic E-state index is -4.73. The highest BCUT2D eigenvalue weighted by molar-refractivity contribution is 6.61. The average molecular weight is 567 g/mol. The number of alkyl halides is 3. The highest BCUT2D eigenvalue weighted by Gasteiger charge is 2.46. The number of hydrogen-bond donors (Lipinski definition) is 3. The molecule has 3 N–H and O–H groups in total. The second-order valence-corrected chi connectivity index (χ2v) is 8.95. The van der Waals surface area contributed by atoms with Crippen LogP contribution in [0.3, 0.4) is 0 Å². The minimum Gasteiger partial charge on any atom is -0.467 e. The van der Waals surface area contributed by atoms with Crippen molar-refractivity contribution in [2.45, 2.75) is 24.7 Å². The van der Waals surface area contributed by atoms with Crippen molar-refractivity contribution in [2.75, 3.05) is 31.8 Å². The number of esters is 1. The monoisotopic (exact) mass is 567 g/mol. The van der Waals surface area contributed by atoms with E-state index in [1.165, 1.54) is 18.3 Å². The summed E-state index contributed by atoms with van der Waals surface area (Å²) in [4.78, 5) is 30.3. The third-order valence-corrected chi connectivity index (χ3v) is 6.48. The lowest BCUT2D eigenvalue weighted by atomic mass is 9.77. The van der Waals surface area contributed by atoms with E-state index < -0.39 is 66.7 Å². The molecular formula is C25H23BF5N3O6. The molecule has 40 heavy (non-hydrogen) atoms. The van der Waals surface area contributed by atoms with E-state index in [2.05, 4.69) is 10.3 Å². The Morgan fingerprint density at radius 2 is 1.93 bits per heavy atom. The van der Waals surface area contributed by atoms with Crippen LogP contribution in [0.2, 0.25) is 0 Å². The summed E-state index contributed by atoms with van der Waals surface area (Å²) < 4.78 is 79.9. The van der Waals surface area contributed by atoms with E-state index >= 15 is 8.78 Å². The van der Waals surface area contributed by atoms with Crippen molar-refractivity contribution in [3.8, 4) is 0 Å². The smallest absolute Gasteiger partial charge is 0.467 e. The Kier molecular flexibility index (Phi) is 8.56. The Balaban J connectivity index is 1.62. The van der Waals surface area contributed by atoms with E-state index in [0.717, 1.165) is 12.0 Å². The van der Waals surface area contributed by atoms with Gasteiger partial charge in [-0.2, -0.15) is 13.2 Å². The fourth-order valence-electron chi connectivity index (χ4n) is 4.55. The van der Waals surface area contributed by atoms with Crippen molar-refractivity contribution in [3.63, 3.8) is 0 Å². The largest absolute Gasteiger partial charge is 0.490 e. The highest BCUT2D eigenvalue weighted by atomic mass is 19.4. The second kappa shape index (κ2) is 11.7. The van der Waals surface area contributed by atoms with Crippen LogP contribution in [0.25, 0.3) is 10.9 Å². The standard InChI is InChI=1S/C25H23BF5N3O6/c1-39-24(36)19(9-13-4-5-16(26(37)38)22-15(13)3-2-6-32-22)33-23(35)21-17(27)10-14(11-18(21)28)34-7-8-40-12-20(34)25(29,30)31/h2-6,10-11,19-20,37-38H,7-9,12H2,1H3,(H,33,35)/t19?,20-/m1/s1. The molecule has 2 aromatic carbocycles. The van der Waals surface area contributed by atoms with Gasteiger partial charge in [-0.3, -0.25) is 9.78 Å². The van der Waals surface area contributed by atoms with E-state index in [0.29, 0.717) is 23.1 Å². The molecule has 3 aromatic rings. The number of nitrogens with zero attached hydrogens (tertiary/aromatic N) is 2. The van der Waals surface area contributed by atoms with Gasteiger partial charge in [-0.15, -0.1) is 0 Å². The third kappa shape index (κ3) is 6.00. The molecule has 4 rings (SSSR count). The number of nitrogens with one attached hydrogen (secondary N) is 1. The number of carbonyl (C=O) groups is 2. The van der Waals surface area contributed by atoms with Crippen LogP contribution in [-0.4, -0.2) is 79.2 Å². The fraction of sp³-hybridized carbons (Fsp3) is 0.320. The zero-order valence-corrected chi connectivity index (χ0v) is 20.9. The van der Waals surface area contributed by atoms with E-state index in [1.807, 2.05) is 0 Å². The molecule has 212 valence electrons. The van der Waals surface area contributed by atoms with Crippen LogP contribution in [0.4, 0.5) is 27.6 Å². The fourth-order valence-corrected chi connectivity index (χ4v) is 4.55. The summed E-state index contributed by atoms with van der Waals surface area (Å²) in [7, 11) is -0.790. The number of pyridine rings is 1. The number of amides is 1. The lowest BCUT2D eigenvalue weighted by Gasteiger charge is -2.38. The van der Waals surface area contributed by atoms with Crippen LogP contribution in [0.1, 0.15) is 15.9 Å². The van der Waals surface area contributed by atoms with Gasteiger partial charge in [-0.05, 0) is 23.8 Å². The molecule has 1 aromatic heterocycles. The number of hydrogen-bond acceptors (Lipinski definition) is 8. The van der Waals surface area contributed by atoms with Gasteiger partial charge in [-0.25, -0.2) is 13.6 Å². The summed E-state index contributed by atoms with van der Waals surface area (Å²) in [6.45, 7) is -1.10. The van der Waals surface area contributed by atoms with Crippen molar-refractivity contribution in [2.24, 2.45) is 0 Å². The predicted molar refractivity (Wildman–Crippen MR) is 133 cm³/mol. The summed E-state index contributed by atoms with van der Waals surface area (Å²) >= 11 is 0. The van der Waals surface area contributed by atoms with Crippen LogP contribution in [0, 0.1) is 11.6 Å². The minimum absolute atomic E-state index is 0.0928. The number of aromatic nitrogens is 1. The third-order valence-electron chi connectivity index (χ3n) is 6.48. The maximum atomic E-state index is 15.0. The second-order valence-electron chi connectivity index (χ2n) is 8.95. The van der Waals surface area contributed by atoms with Crippen LogP contribution in [0.5, 0.6) is 0 Å². The zero-order chi connectivity index (χ0) is 29.2. The molecule has 15 heteroatoms. The Morgan fingerprint density at radius 3 is 2.55 bits per heavy atom. The number of ether oxygens (including phenoxy) is 2. The Hall–Kier alpha value is -3.82. The first-order chi connectivity index (χ1) is 18.9. The molecule has 0 radical (unpaired) electrons. The predicted octanol–water partition coefficient (Wildman–Crippen LogP) is 1.47. The molecular weight excluding hydrogens is 544 g/mol. The lowest BCUT2D eigenvalue weighted by molar-refractivity contribution is -0.167.